The van der Waals surface area contributed by atoms with Crippen molar-refractivity contribution in [2.75, 3.05) is 18.5 Å². The largest absolute Gasteiger partial charge is 0.376 e. The number of thiazole rings is 1. The third kappa shape index (κ3) is 5.00. The lowest BCUT2D eigenvalue weighted by molar-refractivity contribution is 0.0164. The van der Waals surface area contributed by atoms with Gasteiger partial charge >= 0.3 is 0 Å². The highest BCUT2D eigenvalue weighted by atomic mass is 35.5. The van der Waals surface area contributed by atoms with Gasteiger partial charge in [0.05, 0.1) is 21.3 Å². The zero-order valence-corrected chi connectivity index (χ0v) is 18.1. The molecule has 0 unspecified atom stereocenters. The molecule has 2 heterocycles. The number of carbonyl (C=O) groups excluding carboxylic acids is 1. The highest BCUT2D eigenvalue weighted by Gasteiger charge is 2.14. The van der Waals surface area contributed by atoms with Crippen molar-refractivity contribution in [1.82, 2.24) is 14.5 Å². The minimum atomic E-state index is -2.49. The molecule has 4 rings (SSSR count). The van der Waals surface area contributed by atoms with Gasteiger partial charge in [-0.15, -0.1) is 0 Å². The second-order valence-corrected chi connectivity index (χ2v) is 8.41. The molecule has 0 aliphatic rings. The topological polar surface area (TPSA) is 69.0 Å². The van der Waals surface area contributed by atoms with Crippen molar-refractivity contribution in [3.05, 3.63) is 47.0 Å². The van der Waals surface area contributed by atoms with E-state index in [9.17, 15) is 13.6 Å². The number of anilines is 2. The maximum absolute atomic E-state index is 12.4. The van der Waals surface area contributed by atoms with E-state index in [2.05, 4.69) is 15.3 Å². The fourth-order valence-electron chi connectivity index (χ4n) is 3.18. The molecule has 0 radical (unpaired) electrons. The number of ketones is 1. The molecule has 0 saturated carbocycles. The molecule has 0 saturated heterocycles. The Kier molecular flexibility index (Phi) is 6.45. The molecule has 162 valence electrons. The maximum Gasteiger partial charge on any atom is 0.261 e. The third-order valence-corrected chi connectivity index (χ3v) is 5.88. The number of hydrogen-bond acceptors (Lipinski definition) is 6. The van der Waals surface area contributed by atoms with Gasteiger partial charge in [-0.2, -0.15) is 0 Å². The van der Waals surface area contributed by atoms with Crippen molar-refractivity contribution in [2.45, 2.75) is 19.3 Å². The van der Waals surface area contributed by atoms with Crippen LogP contribution in [0.4, 0.5) is 19.9 Å². The smallest absolute Gasteiger partial charge is 0.261 e. The summed E-state index contributed by atoms with van der Waals surface area (Å²) in [6.45, 7) is -0.477. The lowest BCUT2D eigenvalue weighted by atomic mass is 10.1. The Morgan fingerprint density at radius 3 is 2.87 bits per heavy atom. The van der Waals surface area contributed by atoms with Crippen LogP contribution >= 0.6 is 22.9 Å². The molecule has 0 spiro atoms. The number of imidazole rings is 1. The number of ether oxygens (including phenoxy) is 1. The number of halogens is 3. The molecular formula is C21H19ClF2N4O2S. The quantitative estimate of drug-likeness (QED) is 0.249. The number of rotatable bonds is 9. The highest BCUT2D eigenvalue weighted by Crippen LogP contribution is 2.31. The summed E-state index contributed by atoms with van der Waals surface area (Å²) in [5.41, 5.74) is 2.92. The molecule has 0 aliphatic carbocycles. The van der Waals surface area contributed by atoms with Gasteiger partial charge in [0.15, 0.2) is 10.9 Å². The van der Waals surface area contributed by atoms with Crippen LogP contribution in [0.2, 0.25) is 5.02 Å². The van der Waals surface area contributed by atoms with Gasteiger partial charge in [-0.25, -0.2) is 18.7 Å². The van der Waals surface area contributed by atoms with E-state index in [-0.39, 0.29) is 18.8 Å². The normalized spacial score (nSPS) is 11.6. The SMILES string of the molecule is Cn1c(Nc2nc3ccc(Cl)cc3s2)nc2cc(C(=O)CCCOCC(F)F)ccc21. The van der Waals surface area contributed by atoms with E-state index < -0.39 is 13.0 Å². The first kappa shape index (κ1) is 21.6. The van der Waals surface area contributed by atoms with Gasteiger partial charge in [0.25, 0.3) is 6.43 Å². The van der Waals surface area contributed by atoms with E-state index >= 15 is 0 Å². The van der Waals surface area contributed by atoms with Gasteiger partial charge in [-0.05, 0) is 42.8 Å². The zero-order valence-electron chi connectivity index (χ0n) is 16.6. The van der Waals surface area contributed by atoms with Crippen molar-refractivity contribution in [3.63, 3.8) is 0 Å². The van der Waals surface area contributed by atoms with Gasteiger partial charge in [0.2, 0.25) is 5.95 Å². The minimum Gasteiger partial charge on any atom is -0.376 e. The number of fused-ring (bicyclic) bond motifs is 2. The molecule has 2 aromatic heterocycles. The molecule has 6 nitrogen and oxygen atoms in total. The van der Waals surface area contributed by atoms with E-state index in [0.717, 1.165) is 15.7 Å². The first-order valence-corrected chi connectivity index (χ1v) is 10.8. The number of carbonyl (C=O) groups is 1. The average Bonchev–Trinajstić information content (AvgIpc) is 3.27. The number of aryl methyl sites for hydroxylation is 1. The number of hydrogen-bond donors (Lipinski definition) is 1. The van der Waals surface area contributed by atoms with Gasteiger partial charge in [0.1, 0.15) is 6.61 Å². The summed E-state index contributed by atoms with van der Waals surface area (Å²) in [4.78, 5) is 21.6. The third-order valence-electron chi connectivity index (χ3n) is 4.71. The molecule has 0 atom stereocenters. The molecule has 0 fully saturated rings. The molecule has 0 aliphatic heterocycles. The van der Waals surface area contributed by atoms with Crippen molar-refractivity contribution in [2.24, 2.45) is 7.05 Å². The van der Waals surface area contributed by atoms with E-state index in [1.54, 1.807) is 18.2 Å². The summed E-state index contributed by atoms with van der Waals surface area (Å²) in [5, 5.41) is 4.58. The van der Waals surface area contributed by atoms with Crippen LogP contribution in [-0.2, 0) is 11.8 Å². The van der Waals surface area contributed by atoms with E-state index in [1.165, 1.54) is 11.3 Å². The first-order valence-electron chi connectivity index (χ1n) is 9.59. The molecule has 1 N–H and O–H groups in total. The molecule has 4 aromatic rings. The lowest BCUT2D eigenvalue weighted by Gasteiger charge is -2.04. The predicted octanol–water partition coefficient (Wildman–Crippen LogP) is 5.82. The Bertz CT molecular complexity index is 1240. The van der Waals surface area contributed by atoms with Gasteiger partial charge in [-0.1, -0.05) is 22.9 Å². The fraction of sp³-hybridized carbons (Fsp3) is 0.286. The highest BCUT2D eigenvalue weighted by molar-refractivity contribution is 7.22. The Morgan fingerprint density at radius 2 is 2.06 bits per heavy atom. The minimum absolute atomic E-state index is 0.0780. The number of alkyl halides is 2. The van der Waals surface area contributed by atoms with E-state index in [4.69, 9.17) is 16.3 Å². The monoisotopic (exact) mass is 464 g/mol. The van der Waals surface area contributed by atoms with Crippen molar-refractivity contribution >= 4 is 61.1 Å². The molecule has 31 heavy (non-hydrogen) atoms. The lowest BCUT2D eigenvalue weighted by Crippen LogP contribution is -2.07. The van der Waals surface area contributed by atoms with Crippen LogP contribution in [-0.4, -0.2) is 40.0 Å². The Hall–Kier alpha value is -2.62. The predicted molar refractivity (Wildman–Crippen MR) is 119 cm³/mol. The van der Waals surface area contributed by atoms with Crippen LogP contribution in [0.1, 0.15) is 23.2 Å². The Labute approximate surface area is 185 Å². The van der Waals surface area contributed by atoms with Crippen LogP contribution in [0.15, 0.2) is 36.4 Å². The summed E-state index contributed by atoms with van der Waals surface area (Å²) in [6.07, 6.45) is -1.88. The van der Waals surface area contributed by atoms with Crippen molar-refractivity contribution in [1.29, 1.82) is 0 Å². The van der Waals surface area contributed by atoms with Crippen molar-refractivity contribution < 1.29 is 18.3 Å². The molecular weight excluding hydrogens is 446 g/mol. The summed E-state index contributed by atoms with van der Waals surface area (Å²) < 4.78 is 31.8. The van der Waals surface area contributed by atoms with Gasteiger partial charge < -0.3 is 14.6 Å². The van der Waals surface area contributed by atoms with Gasteiger partial charge in [-0.3, -0.25) is 4.79 Å². The van der Waals surface area contributed by atoms with Crippen LogP contribution in [0.25, 0.3) is 21.3 Å². The summed E-state index contributed by atoms with van der Waals surface area (Å²) in [5.74, 6) is 0.524. The average molecular weight is 465 g/mol. The fourth-order valence-corrected chi connectivity index (χ4v) is 4.32. The molecule has 10 heteroatoms. The number of aromatic nitrogens is 3. The zero-order chi connectivity index (χ0) is 22.0. The van der Waals surface area contributed by atoms with Crippen LogP contribution in [0, 0.1) is 0 Å². The Balaban J connectivity index is 1.47. The second kappa shape index (κ2) is 9.25. The van der Waals surface area contributed by atoms with E-state index in [1.807, 2.05) is 29.8 Å². The Morgan fingerprint density at radius 1 is 1.23 bits per heavy atom. The van der Waals surface area contributed by atoms with Crippen LogP contribution in [0.5, 0.6) is 0 Å². The van der Waals surface area contributed by atoms with E-state index in [0.29, 0.717) is 33.6 Å². The van der Waals surface area contributed by atoms with Crippen molar-refractivity contribution in [3.8, 4) is 0 Å². The summed E-state index contributed by atoms with van der Waals surface area (Å²) in [6, 6.07) is 10.9. The number of nitrogens with zero attached hydrogens (tertiary/aromatic N) is 3. The standard InChI is InChI=1S/C21H19ClF2N4O2S/c1-28-16-7-4-12(17(29)3-2-8-30-11-19(23)24)9-15(16)25-20(28)27-21-26-14-6-5-13(22)10-18(14)31-21/h4-7,9-10,19H,2-3,8,11H2,1H3,(H,25,26,27). The number of benzene rings is 2. The first-order chi connectivity index (χ1) is 14.9. The number of Topliss-reactive ketones (excluding diaryl/α,β-unsaturated/α-hetero) is 1. The van der Waals surface area contributed by atoms with Crippen LogP contribution < -0.4 is 5.32 Å². The summed E-state index contributed by atoms with van der Waals surface area (Å²) >= 11 is 7.52. The number of nitrogens with one attached hydrogen (secondary N) is 1. The molecule has 2 aromatic carbocycles. The molecule has 0 bridgehead atoms. The second-order valence-electron chi connectivity index (χ2n) is 6.95. The van der Waals surface area contributed by atoms with Crippen LogP contribution in [0.3, 0.4) is 0 Å². The van der Waals surface area contributed by atoms with Gasteiger partial charge in [0, 0.05) is 30.7 Å². The maximum atomic E-state index is 12.4. The summed E-state index contributed by atoms with van der Waals surface area (Å²) in [7, 11) is 1.88. The molecule has 0 amide bonds.